The summed E-state index contributed by atoms with van der Waals surface area (Å²) < 4.78 is 10.7. The summed E-state index contributed by atoms with van der Waals surface area (Å²) in [6.07, 6.45) is 2.55. The average Bonchev–Trinajstić information content (AvgIpc) is 2.96. The fourth-order valence-electron chi connectivity index (χ4n) is 1.87. The highest BCUT2D eigenvalue weighted by Crippen LogP contribution is 2.33. The number of phenols is 1. The number of hydrogen-bond donors (Lipinski definition) is 1. The summed E-state index contributed by atoms with van der Waals surface area (Å²) in [5, 5.41) is 9.95. The van der Waals surface area contributed by atoms with Crippen LogP contribution >= 0.6 is 0 Å². The molecule has 1 saturated heterocycles. The molecule has 2 unspecified atom stereocenters. The van der Waals surface area contributed by atoms with Crippen LogP contribution < -0.4 is 4.74 Å². The molecule has 1 aliphatic rings. The maximum absolute atomic E-state index is 9.95. The van der Waals surface area contributed by atoms with Crippen molar-refractivity contribution in [1.29, 1.82) is 0 Å². The lowest BCUT2D eigenvalue weighted by Crippen LogP contribution is -1.97. The number of benzene rings is 1. The molecule has 16 heavy (non-hydrogen) atoms. The molecular weight excluding hydrogens is 204 g/mol. The van der Waals surface area contributed by atoms with Gasteiger partial charge in [-0.05, 0) is 38.3 Å². The van der Waals surface area contributed by atoms with Gasteiger partial charge >= 0.3 is 0 Å². The molecule has 0 aliphatic carbocycles. The van der Waals surface area contributed by atoms with Gasteiger partial charge in [-0.1, -0.05) is 12.1 Å². The van der Waals surface area contributed by atoms with Crippen molar-refractivity contribution in [3.63, 3.8) is 0 Å². The molecule has 88 valence electrons. The van der Waals surface area contributed by atoms with E-state index in [2.05, 4.69) is 6.92 Å². The smallest absolute Gasteiger partial charge is 0.161 e. The highest BCUT2D eigenvalue weighted by molar-refractivity contribution is 5.45. The van der Waals surface area contributed by atoms with E-state index < -0.39 is 0 Å². The van der Waals surface area contributed by atoms with E-state index >= 15 is 0 Å². The van der Waals surface area contributed by atoms with Gasteiger partial charge in [-0.3, -0.25) is 0 Å². The molecule has 1 aromatic carbocycles. The topological polar surface area (TPSA) is 42.0 Å². The molecule has 0 spiro atoms. The van der Waals surface area contributed by atoms with Crippen molar-refractivity contribution in [3.8, 4) is 11.5 Å². The van der Waals surface area contributed by atoms with Crippen molar-refractivity contribution in [2.45, 2.75) is 38.9 Å². The standard InChI is InChI=1S/C13H18O3/c1-3-15-12-6-4-5-10(13(12)14)7-8-11-9(2)16-11/h4-6,9,11,14H,3,7-8H2,1-2H3. The first-order valence-electron chi connectivity index (χ1n) is 5.81. The first kappa shape index (κ1) is 11.3. The zero-order chi connectivity index (χ0) is 11.5. The van der Waals surface area contributed by atoms with Crippen molar-refractivity contribution in [3.05, 3.63) is 23.8 Å². The SMILES string of the molecule is CCOc1cccc(CCC2OC2C)c1O. The average molecular weight is 222 g/mol. The lowest BCUT2D eigenvalue weighted by Gasteiger charge is -2.09. The number of phenolic OH excluding ortho intramolecular Hbond substituents is 1. The highest BCUT2D eigenvalue weighted by atomic mass is 16.6. The number of para-hydroxylation sites is 1. The molecular formula is C13H18O3. The van der Waals surface area contributed by atoms with Crippen molar-refractivity contribution >= 4 is 0 Å². The van der Waals surface area contributed by atoms with Crippen LogP contribution in [-0.4, -0.2) is 23.9 Å². The van der Waals surface area contributed by atoms with E-state index in [4.69, 9.17) is 9.47 Å². The van der Waals surface area contributed by atoms with Crippen LogP contribution in [0.15, 0.2) is 18.2 Å². The highest BCUT2D eigenvalue weighted by Gasteiger charge is 2.33. The Kier molecular flexibility index (Phi) is 3.34. The number of hydrogen-bond acceptors (Lipinski definition) is 3. The third kappa shape index (κ3) is 2.47. The molecule has 1 aliphatic heterocycles. The molecule has 1 heterocycles. The lowest BCUT2D eigenvalue weighted by atomic mass is 10.1. The molecule has 1 aromatic rings. The van der Waals surface area contributed by atoms with E-state index in [0.29, 0.717) is 24.6 Å². The van der Waals surface area contributed by atoms with Gasteiger partial charge in [0.2, 0.25) is 0 Å². The zero-order valence-corrected chi connectivity index (χ0v) is 9.77. The molecule has 0 aromatic heterocycles. The molecule has 2 rings (SSSR count). The Labute approximate surface area is 96.0 Å². The van der Waals surface area contributed by atoms with E-state index in [-0.39, 0.29) is 5.75 Å². The van der Waals surface area contributed by atoms with Gasteiger partial charge in [-0.15, -0.1) is 0 Å². The van der Waals surface area contributed by atoms with Gasteiger partial charge in [0.1, 0.15) is 0 Å². The predicted octanol–water partition coefficient (Wildman–Crippen LogP) is 2.51. The summed E-state index contributed by atoms with van der Waals surface area (Å²) in [7, 11) is 0. The number of aryl methyl sites for hydroxylation is 1. The molecule has 3 heteroatoms. The molecule has 1 fully saturated rings. The minimum Gasteiger partial charge on any atom is -0.504 e. The Bertz CT molecular complexity index is 362. The molecule has 0 radical (unpaired) electrons. The van der Waals surface area contributed by atoms with E-state index in [1.54, 1.807) is 6.07 Å². The fourth-order valence-corrected chi connectivity index (χ4v) is 1.87. The van der Waals surface area contributed by atoms with Gasteiger partial charge in [-0.2, -0.15) is 0 Å². The fraction of sp³-hybridized carbons (Fsp3) is 0.538. The first-order valence-corrected chi connectivity index (χ1v) is 5.81. The molecule has 1 N–H and O–H groups in total. The molecule has 3 nitrogen and oxygen atoms in total. The molecule has 0 amide bonds. The molecule has 2 atom stereocenters. The van der Waals surface area contributed by atoms with Gasteiger partial charge in [0.25, 0.3) is 0 Å². The van der Waals surface area contributed by atoms with Crippen molar-refractivity contribution in [2.24, 2.45) is 0 Å². The lowest BCUT2D eigenvalue weighted by molar-refractivity contribution is 0.316. The van der Waals surface area contributed by atoms with Crippen molar-refractivity contribution in [1.82, 2.24) is 0 Å². The number of ether oxygens (including phenoxy) is 2. The quantitative estimate of drug-likeness (QED) is 0.778. The minimum absolute atomic E-state index is 0.276. The summed E-state index contributed by atoms with van der Waals surface area (Å²) >= 11 is 0. The number of epoxide rings is 1. The second-order valence-electron chi connectivity index (χ2n) is 4.12. The molecule has 0 saturated carbocycles. The Morgan fingerprint density at radius 3 is 2.81 bits per heavy atom. The normalized spacial score (nSPS) is 23.1. The monoisotopic (exact) mass is 222 g/mol. The Hall–Kier alpha value is -1.22. The second kappa shape index (κ2) is 4.74. The number of rotatable bonds is 5. The van der Waals surface area contributed by atoms with Crippen LogP contribution in [0.5, 0.6) is 11.5 Å². The van der Waals surface area contributed by atoms with Crippen LogP contribution in [0, 0.1) is 0 Å². The van der Waals surface area contributed by atoms with E-state index in [1.807, 2.05) is 19.1 Å². The maximum Gasteiger partial charge on any atom is 0.161 e. The number of aromatic hydroxyl groups is 1. The summed E-state index contributed by atoms with van der Waals surface area (Å²) in [5.74, 6) is 0.849. The largest absolute Gasteiger partial charge is 0.504 e. The van der Waals surface area contributed by atoms with Crippen LogP contribution in [0.3, 0.4) is 0 Å². The van der Waals surface area contributed by atoms with Crippen molar-refractivity contribution < 1.29 is 14.6 Å². The van der Waals surface area contributed by atoms with Gasteiger partial charge in [0.05, 0.1) is 18.8 Å². The summed E-state index contributed by atoms with van der Waals surface area (Å²) in [6.45, 7) is 4.55. The Balaban J connectivity index is 1.99. The van der Waals surface area contributed by atoms with E-state index in [9.17, 15) is 5.11 Å². The summed E-state index contributed by atoms with van der Waals surface area (Å²) in [6, 6.07) is 5.64. The van der Waals surface area contributed by atoms with Gasteiger partial charge in [0.15, 0.2) is 11.5 Å². The van der Waals surface area contributed by atoms with Gasteiger partial charge < -0.3 is 14.6 Å². The minimum atomic E-state index is 0.276. The predicted molar refractivity (Wildman–Crippen MR) is 61.9 cm³/mol. The van der Waals surface area contributed by atoms with E-state index in [1.165, 1.54) is 0 Å². The van der Waals surface area contributed by atoms with Gasteiger partial charge in [0, 0.05) is 0 Å². The maximum atomic E-state index is 9.95. The first-order chi connectivity index (χ1) is 7.72. The zero-order valence-electron chi connectivity index (χ0n) is 9.77. The second-order valence-corrected chi connectivity index (χ2v) is 4.12. The third-order valence-corrected chi connectivity index (χ3v) is 2.92. The summed E-state index contributed by atoms with van der Waals surface area (Å²) in [5.41, 5.74) is 0.939. The van der Waals surface area contributed by atoms with Gasteiger partial charge in [-0.25, -0.2) is 0 Å². The van der Waals surface area contributed by atoms with Crippen LogP contribution in [0.1, 0.15) is 25.8 Å². The summed E-state index contributed by atoms with van der Waals surface area (Å²) in [4.78, 5) is 0. The van der Waals surface area contributed by atoms with Crippen LogP contribution in [0.25, 0.3) is 0 Å². The Morgan fingerprint density at radius 1 is 1.44 bits per heavy atom. The van der Waals surface area contributed by atoms with Crippen LogP contribution in [-0.2, 0) is 11.2 Å². The van der Waals surface area contributed by atoms with E-state index in [0.717, 1.165) is 18.4 Å². The van der Waals surface area contributed by atoms with Crippen LogP contribution in [0.2, 0.25) is 0 Å². The molecule has 0 bridgehead atoms. The van der Waals surface area contributed by atoms with Crippen molar-refractivity contribution in [2.75, 3.05) is 6.61 Å². The third-order valence-electron chi connectivity index (χ3n) is 2.92. The Morgan fingerprint density at radius 2 is 2.19 bits per heavy atom. The van der Waals surface area contributed by atoms with Crippen LogP contribution in [0.4, 0.5) is 0 Å².